The molecule has 2 amide bonds. The SMILES string of the molecule is O=C(O)[C@H](Cc1cnc[nH]1)NC(=O)N1CCCC1. The van der Waals surface area contributed by atoms with Crippen molar-refractivity contribution in [3.05, 3.63) is 18.2 Å². The zero-order valence-corrected chi connectivity index (χ0v) is 9.93. The molecule has 1 aromatic rings. The lowest BCUT2D eigenvalue weighted by Gasteiger charge is -2.20. The highest BCUT2D eigenvalue weighted by molar-refractivity contribution is 5.82. The number of H-pyrrole nitrogens is 1. The van der Waals surface area contributed by atoms with Gasteiger partial charge in [-0.2, -0.15) is 0 Å². The highest BCUT2D eigenvalue weighted by Crippen LogP contribution is 2.08. The second-order valence-electron chi connectivity index (χ2n) is 4.32. The number of amides is 2. The van der Waals surface area contributed by atoms with Gasteiger partial charge in [-0.15, -0.1) is 0 Å². The summed E-state index contributed by atoms with van der Waals surface area (Å²) < 4.78 is 0. The molecule has 18 heavy (non-hydrogen) atoms. The lowest BCUT2D eigenvalue weighted by Crippen LogP contribution is -2.48. The van der Waals surface area contributed by atoms with E-state index in [1.54, 1.807) is 11.1 Å². The maximum Gasteiger partial charge on any atom is 0.326 e. The summed E-state index contributed by atoms with van der Waals surface area (Å²) in [6.45, 7) is 1.39. The summed E-state index contributed by atoms with van der Waals surface area (Å²) in [7, 11) is 0. The quantitative estimate of drug-likeness (QED) is 0.713. The molecule has 0 spiro atoms. The lowest BCUT2D eigenvalue weighted by atomic mass is 10.1. The molecule has 7 heteroatoms. The first kappa shape index (κ1) is 12.4. The number of carbonyl (C=O) groups is 2. The maximum atomic E-state index is 11.8. The fraction of sp³-hybridized carbons (Fsp3) is 0.545. The van der Waals surface area contributed by atoms with Crippen molar-refractivity contribution in [2.45, 2.75) is 25.3 Å². The number of aromatic nitrogens is 2. The first-order chi connectivity index (χ1) is 8.66. The molecule has 1 aliphatic heterocycles. The average molecular weight is 252 g/mol. The number of hydrogen-bond donors (Lipinski definition) is 3. The van der Waals surface area contributed by atoms with Crippen molar-refractivity contribution in [1.29, 1.82) is 0 Å². The van der Waals surface area contributed by atoms with Gasteiger partial charge in [-0.3, -0.25) is 0 Å². The standard InChI is InChI=1S/C11H16N4O3/c16-10(17)9(5-8-6-12-7-13-8)14-11(18)15-3-1-2-4-15/h6-7,9H,1-5H2,(H,12,13)(H,14,18)(H,16,17)/t9-/m0/s1. The number of carbonyl (C=O) groups excluding carboxylic acids is 1. The summed E-state index contributed by atoms with van der Waals surface area (Å²) in [5, 5.41) is 11.6. The van der Waals surface area contributed by atoms with Gasteiger partial charge in [0.2, 0.25) is 0 Å². The topological polar surface area (TPSA) is 98.3 Å². The second kappa shape index (κ2) is 5.52. The summed E-state index contributed by atoms with van der Waals surface area (Å²) >= 11 is 0. The number of rotatable bonds is 4. The van der Waals surface area contributed by atoms with Crippen molar-refractivity contribution in [2.24, 2.45) is 0 Å². The highest BCUT2D eigenvalue weighted by atomic mass is 16.4. The van der Waals surface area contributed by atoms with Crippen molar-refractivity contribution in [2.75, 3.05) is 13.1 Å². The number of imidazole rings is 1. The minimum Gasteiger partial charge on any atom is -0.480 e. The Morgan fingerprint density at radius 3 is 2.78 bits per heavy atom. The number of likely N-dealkylation sites (tertiary alicyclic amines) is 1. The normalized spacial score (nSPS) is 16.6. The molecule has 2 rings (SSSR count). The Hall–Kier alpha value is -2.05. The number of nitrogens with zero attached hydrogens (tertiary/aromatic N) is 2. The van der Waals surface area contributed by atoms with E-state index >= 15 is 0 Å². The van der Waals surface area contributed by atoms with Crippen molar-refractivity contribution >= 4 is 12.0 Å². The maximum absolute atomic E-state index is 11.8. The number of urea groups is 1. The van der Waals surface area contributed by atoms with Gasteiger partial charge in [-0.25, -0.2) is 14.6 Å². The van der Waals surface area contributed by atoms with Gasteiger partial charge in [0, 0.05) is 31.4 Å². The molecule has 1 aromatic heterocycles. The van der Waals surface area contributed by atoms with Gasteiger partial charge in [-0.1, -0.05) is 0 Å². The molecule has 1 atom stereocenters. The summed E-state index contributed by atoms with van der Waals surface area (Å²) in [4.78, 5) is 31.2. The number of carboxylic acid groups (broad SMARTS) is 1. The minimum atomic E-state index is -1.04. The van der Waals surface area contributed by atoms with Crippen molar-refractivity contribution in [3.8, 4) is 0 Å². The van der Waals surface area contributed by atoms with Crippen LogP contribution in [0.5, 0.6) is 0 Å². The third-order valence-electron chi connectivity index (χ3n) is 2.97. The summed E-state index contributed by atoms with van der Waals surface area (Å²) in [6, 6.07) is -1.24. The van der Waals surface area contributed by atoms with Crippen LogP contribution in [-0.2, 0) is 11.2 Å². The van der Waals surface area contributed by atoms with Gasteiger partial charge < -0.3 is 20.3 Å². The van der Waals surface area contributed by atoms with Gasteiger partial charge in [0.05, 0.1) is 6.33 Å². The van der Waals surface area contributed by atoms with Gasteiger partial charge in [-0.05, 0) is 12.8 Å². The number of aromatic amines is 1. The molecule has 7 nitrogen and oxygen atoms in total. The number of aliphatic carboxylic acids is 1. The van der Waals surface area contributed by atoms with Gasteiger partial charge >= 0.3 is 12.0 Å². The molecule has 3 N–H and O–H groups in total. The van der Waals surface area contributed by atoms with E-state index in [2.05, 4.69) is 15.3 Å². The van der Waals surface area contributed by atoms with E-state index in [-0.39, 0.29) is 12.5 Å². The predicted octanol–water partition coefficient (Wildman–Crippen LogP) is 0.211. The first-order valence-corrected chi connectivity index (χ1v) is 5.92. The Kier molecular flexibility index (Phi) is 3.81. The fourth-order valence-corrected chi connectivity index (χ4v) is 1.98. The van der Waals surface area contributed by atoms with Crippen molar-refractivity contribution in [1.82, 2.24) is 20.2 Å². The molecule has 0 radical (unpaired) electrons. The summed E-state index contributed by atoms with van der Waals surface area (Å²) in [5.74, 6) is -1.04. The summed E-state index contributed by atoms with van der Waals surface area (Å²) in [5.41, 5.74) is 0.684. The Morgan fingerprint density at radius 2 is 2.22 bits per heavy atom. The first-order valence-electron chi connectivity index (χ1n) is 5.92. The molecule has 0 aromatic carbocycles. The van der Waals surface area contributed by atoms with E-state index < -0.39 is 12.0 Å². The lowest BCUT2D eigenvalue weighted by molar-refractivity contribution is -0.139. The molecule has 0 bridgehead atoms. The Bertz CT molecular complexity index is 412. The van der Waals surface area contributed by atoms with E-state index in [1.165, 1.54) is 6.33 Å². The molecule has 0 aliphatic carbocycles. The smallest absolute Gasteiger partial charge is 0.326 e. The monoisotopic (exact) mass is 252 g/mol. The number of hydrogen-bond acceptors (Lipinski definition) is 3. The van der Waals surface area contributed by atoms with E-state index in [0.29, 0.717) is 18.8 Å². The van der Waals surface area contributed by atoms with Gasteiger partial charge in [0.25, 0.3) is 0 Å². The number of carboxylic acids is 1. The molecule has 2 heterocycles. The Morgan fingerprint density at radius 1 is 1.50 bits per heavy atom. The Labute approximate surface area is 104 Å². The van der Waals surface area contributed by atoms with Crippen LogP contribution in [0.2, 0.25) is 0 Å². The zero-order chi connectivity index (χ0) is 13.0. The molecule has 1 fully saturated rings. The van der Waals surface area contributed by atoms with Crippen LogP contribution >= 0.6 is 0 Å². The van der Waals surface area contributed by atoms with Crippen molar-refractivity contribution < 1.29 is 14.7 Å². The minimum absolute atomic E-state index is 0.203. The van der Waals surface area contributed by atoms with Gasteiger partial charge in [0.1, 0.15) is 6.04 Å². The predicted molar refractivity (Wildman–Crippen MR) is 63.1 cm³/mol. The van der Waals surface area contributed by atoms with Gasteiger partial charge in [0.15, 0.2) is 0 Å². The van der Waals surface area contributed by atoms with E-state index in [9.17, 15) is 9.59 Å². The van der Waals surface area contributed by atoms with Crippen LogP contribution in [0, 0.1) is 0 Å². The average Bonchev–Trinajstić information content (AvgIpc) is 3.00. The molecule has 1 saturated heterocycles. The van der Waals surface area contributed by atoms with Crippen LogP contribution in [0.1, 0.15) is 18.5 Å². The van der Waals surface area contributed by atoms with Crippen molar-refractivity contribution in [3.63, 3.8) is 0 Å². The summed E-state index contributed by atoms with van der Waals surface area (Å²) in [6.07, 6.45) is 5.20. The molecule has 1 aliphatic rings. The van der Waals surface area contributed by atoms with Crippen LogP contribution in [-0.4, -0.2) is 51.1 Å². The van der Waals surface area contributed by atoms with E-state index in [0.717, 1.165) is 12.8 Å². The van der Waals surface area contributed by atoms with Crippen LogP contribution in [0.15, 0.2) is 12.5 Å². The molecular formula is C11H16N4O3. The highest BCUT2D eigenvalue weighted by Gasteiger charge is 2.25. The van der Waals surface area contributed by atoms with Crippen LogP contribution in [0.25, 0.3) is 0 Å². The number of nitrogens with one attached hydrogen (secondary N) is 2. The molecule has 0 saturated carbocycles. The van der Waals surface area contributed by atoms with Crippen LogP contribution in [0.4, 0.5) is 4.79 Å². The third-order valence-corrected chi connectivity index (χ3v) is 2.97. The molecule has 98 valence electrons. The van der Waals surface area contributed by atoms with Crippen LogP contribution < -0.4 is 5.32 Å². The molecule has 0 unspecified atom stereocenters. The molecular weight excluding hydrogens is 236 g/mol. The van der Waals surface area contributed by atoms with E-state index in [1.807, 2.05) is 0 Å². The third kappa shape index (κ3) is 2.99. The zero-order valence-electron chi connectivity index (χ0n) is 9.93. The Balaban J connectivity index is 1.93. The fourth-order valence-electron chi connectivity index (χ4n) is 1.98. The second-order valence-corrected chi connectivity index (χ2v) is 4.32. The van der Waals surface area contributed by atoms with Crippen LogP contribution in [0.3, 0.4) is 0 Å². The van der Waals surface area contributed by atoms with E-state index in [4.69, 9.17) is 5.11 Å². The largest absolute Gasteiger partial charge is 0.480 e.